The van der Waals surface area contributed by atoms with Gasteiger partial charge in [-0.25, -0.2) is 13.1 Å². The lowest BCUT2D eigenvalue weighted by Gasteiger charge is -2.26. The molecule has 7 nitrogen and oxygen atoms in total. The van der Waals surface area contributed by atoms with Crippen molar-refractivity contribution >= 4 is 10.0 Å². The van der Waals surface area contributed by atoms with Gasteiger partial charge in [0.2, 0.25) is 10.0 Å². The largest absolute Gasteiger partial charge is 0.390 e. The van der Waals surface area contributed by atoms with E-state index in [0.717, 1.165) is 13.1 Å². The fraction of sp³-hybridized carbons (Fsp3) is 0.636. The van der Waals surface area contributed by atoms with Crippen molar-refractivity contribution < 1.29 is 18.3 Å². The van der Waals surface area contributed by atoms with Crippen molar-refractivity contribution in [3.05, 3.63) is 18.0 Å². The van der Waals surface area contributed by atoms with Crippen LogP contribution in [0, 0.1) is 0 Å². The zero-order valence-corrected chi connectivity index (χ0v) is 11.4. The molecule has 1 aromatic heterocycles. The standard InChI is InChI=1S/C11H19N3O4S/c15-9-10-7-11(8-12-10)19(16,17)13-1-2-14-3-5-18-6-4-14/h7-8,12-13,15H,1-6,9H2. The van der Waals surface area contributed by atoms with Crippen molar-refractivity contribution in [1.29, 1.82) is 0 Å². The Morgan fingerprint density at radius 2 is 2.16 bits per heavy atom. The summed E-state index contributed by atoms with van der Waals surface area (Å²) in [5.41, 5.74) is 0.480. The van der Waals surface area contributed by atoms with Crippen LogP contribution >= 0.6 is 0 Å². The summed E-state index contributed by atoms with van der Waals surface area (Å²) in [6, 6.07) is 1.43. The Balaban J connectivity index is 1.83. The first-order valence-electron chi connectivity index (χ1n) is 6.20. The number of nitrogens with zero attached hydrogens (tertiary/aromatic N) is 1. The van der Waals surface area contributed by atoms with E-state index >= 15 is 0 Å². The van der Waals surface area contributed by atoms with Crippen molar-refractivity contribution in [2.75, 3.05) is 39.4 Å². The summed E-state index contributed by atoms with van der Waals surface area (Å²) in [5.74, 6) is 0. The molecule has 0 aromatic carbocycles. The smallest absolute Gasteiger partial charge is 0.242 e. The highest BCUT2D eigenvalue weighted by molar-refractivity contribution is 7.89. The first-order chi connectivity index (χ1) is 9.12. The maximum absolute atomic E-state index is 11.9. The molecule has 0 atom stereocenters. The Morgan fingerprint density at radius 3 is 2.79 bits per heavy atom. The predicted molar refractivity (Wildman–Crippen MR) is 69.2 cm³/mol. The first kappa shape index (κ1) is 14.5. The van der Waals surface area contributed by atoms with Gasteiger partial charge in [0.25, 0.3) is 0 Å². The number of aliphatic hydroxyl groups is 1. The second-order valence-electron chi connectivity index (χ2n) is 4.37. The molecule has 0 bridgehead atoms. The highest BCUT2D eigenvalue weighted by Gasteiger charge is 2.16. The van der Waals surface area contributed by atoms with E-state index in [-0.39, 0.29) is 11.5 Å². The van der Waals surface area contributed by atoms with Gasteiger partial charge in [0.15, 0.2) is 0 Å². The van der Waals surface area contributed by atoms with E-state index in [4.69, 9.17) is 9.84 Å². The van der Waals surface area contributed by atoms with Gasteiger partial charge in [0.1, 0.15) is 0 Å². The first-order valence-corrected chi connectivity index (χ1v) is 7.68. The molecule has 1 aliphatic rings. The van der Waals surface area contributed by atoms with Crippen LogP contribution in [0.25, 0.3) is 0 Å². The Bertz CT molecular complexity index is 494. The van der Waals surface area contributed by atoms with Crippen molar-refractivity contribution in [3.8, 4) is 0 Å². The maximum Gasteiger partial charge on any atom is 0.242 e. The molecular weight excluding hydrogens is 270 g/mol. The van der Waals surface area contributed by atoms with Gasteiger partial charge in [-0.1, -0.05) is 0 Å². The highest BCUT2D eigenvalue weighted by Crippen LogP contribution is 2.10. The summed E-state index contributed by atoms with van der Waals surface area (Å²) in [6.07, 6.45) is 1.38. The SMILES string of the molecule is O=S(=O)(NCCN1CCOCC1)c1c[nH]c(CO)c1. The van der Waals surface area contributed by atoms with E-state index in [2.05, 4.69) is 14.6 Å². The summed E-state index contributed by atoms with van der Waals surface area (Å²) >= 11 is 0. The van der Waals surface area contributed by atoms with Crippen LogP contribution in [0.2, 0.25) is 0 Å². The lowest BCUT2D eigenvalue weighted by molar-refractivity contribution is 0.0390. The van der Waals surface area contributed by atoms with Crippen LogP contribution < -0.4 is 4.72 Å². The Labute approximate surface area is 112 Å². The highest BCUT2D eigenvalue weighted by atomic mass is 32.2. The van der Waals surface area contributed by atoms with Crippen LogP contribution in [0.5, 0.6) is 0 Å². The van der Waals surface area contributed by atoms with Crippen molar-refractivity contribution in [3.63, 3.8) is 0 Å². The van der Waals surface area contributed by atoms with Gasteiger partial charge in [-0.05, 0) is 6.07 Å². The lowest BCUT2D eigenvalue weighted by atomic mass is 10.4. The molecule has 3 N–H and O–H groups in total. The number of rotatable bonds is 6. The van der Waals surface area contributed by atoms with Gasteiger partial charge in [0, 0.05) is 38.1 Å². The number of ether oxygens (including phenoxy) is 1. The van der Waals surface area contributed by atoms with Gasteiger partial charge >= 0.3 is 0 Å². The molecular formula is C11H19N3O4S. The number of hydrogen-bond donors (Lipinski definition) is 3. The number of H-pyrrole nitrogens is 1. The molecule has 1 aromatic rings. The summed E-state index contributed by atoms with van der Waals surface area (Å²) in [4.78, 5) is 5.01. The summed E-state index contributed by atoms with van der Waals surface area (Å²) in [7, 11) is -3.50. The molecule has 0 spiro atoms. The van der Waals surface area contributed by atoms with Crippen LogP contribution in [-0.4, -0.2) is 62.8 Å². The van der Waals surface area contributed by atoms with Crippen LogP contribution in [0.15, 0.2) is 17.2 Å². The molecule has 0 radical (unpaired) electrons. The molecule has 0 aliphatic carbocycles. The van der Waals surface area contributed by atoms with Crippen LogP contribution in [-0.2, 0) is 21.4 Å². The zero-order valence-electron chi connectivity index (χ0n) is 10.6. The number of nitrogens with one attached hydrogen (secondary N) is 2. The molecule has 108 valence electrons. The Hall–Kier alpha value is -0.930. The topological polar surface area (TPSA) is 94.7 Å². The molecule has 1 aliphatic heterocycles. The number of aromatic nitrogens is 1. The van der Waals surface area contributed by atoms with E-state index < -0.39 is 10.0 Å². The van der Waals surface area contributed by atoms with E-state index in [1.807, 2.05) is 0 Å². The third-order valence-electron chi connectivity index (χ3n) is 3.02. The van der Waals surface area contributed by atoms with Crippen molar-refractivity contribution in [2.24, 2.45) is 0 Å². The van der Waals surface area contributed by atoms with E-state index in [1.54, 1.807) is 0 Å². The predicted octanol–water partition coefficient (Wildman–Crippen LogP) is -0.882. The molecule has 1 saturated heterocycles. The minimum Gasteiger partial charge on any atom is -0.390 e. The van der Waals surface area contributed by atoms with Gasteiger partial charge in [-0.15, -0.1) is 0 Å². The van der Waals surface area contributed by atoms with E-state index in [9.17, 15) is 8.42 Å². The fourth-order valence-corrected chi connectivity index (χ4v) is 2.95. The van der Waals surface area contributed by atoms with Gasteiger partial charge in [-0.2, -0.15) is 0 Å². The lowest BCUT2D eigenvalue weighted by Crippen LogP contribution is -2.41. The van der Waals surface area contributed by atoms with E-state index in [0.29, 0.717) is 32.0 Å². The van der Waals surface area contributed by atoms with Crippen molar-refractivity contribution in [2.45, 2.75) is 11.5 Å². The fourth-order valence-electron chi connectivity index (χ4n) is 1.91. The monoisotopic (exact) mass is 289 g/mol. The molecule has 19 heavy (non-hydrogen) atoms. The maximum atomic E-state index is 11.9. The second kappa shape index (κ2) is 6.49. The number of hydrogen-bond acceptors (Lipinski definition) is 5. The summed E-state index contributed by atoms with van der Waals surface area (Å²) in [6.45, 7) is 3.89. The molecule has 2 heterocycles. The summed E-state index contributed by atoms with van der Waals surface area (Å²) in [5, 5.41) is 8.90. The minimum absolute atomic E-state index is 0.151. The van der Waals surface area contributed by atoms with Crippen LogP contribution in [0.4, 0.5) is 0 Å². The Kier molecular flexibility index (Phi) is 4.94. The Morgan fingerprint density at radius 1 is 1.42 bits per heavy atom. The second-order valence-corrected chi connectivity index (χ2v) is 6.14. The molecule has 0 saturated carbocycles. The molecule has 0 amide bonds. The van der Waals surface area contributed by atoms with Gasteiger partial charge in [-0.3, -0.25) is 4.90 Å². The number of morpholine rings is 1. The average molecular weight is 289 g/mol. The molecule has 8 heteroatoms. The summed E-state index contributed by atoms with van der Waals surface area (Å²) < 4.78 is 31.7. The third kappa shape index (κ3) is 4.02. The van der Waals surface area contributed by atoms with Crippen LogP contribution in [0.3, 0.4) is 0 Å². The number of sulfonamides is 1. The zero-order chi connectivity index (χ0) is 13.7. The van der Waals surface area contributed by atoms with Crippen LogP contribution in [0.1, 0.15) is 5.69 Å². The molecule has 0 unspecified atom stereocenters. The van der Waals surface area contributed by atoms with Gasteiger partial charge < -0.3 is 14.8 Å². The molecule has 2 rings (SSSR count). The minimum atomic E-state index is -3.50. The molecule has 1 fully saturated rings. The normalized spacial score (nSPS) is 17.7. The van der Waals surface area contributed by atoms with Crippen molar-refractivity contribution in [1.82, 2.24) is 14.6 Å². The number of aromatic amines is 1. The third-order valence-corrected chi connectivity index (χ3v) is 4.46. The average Bonchev–Trinajstić information content (AvgIpc) is 2.89. The van der Waals surface area contributed by atoms with E-state index in [1.165, 1.54) is 12.3 Å². The number of aliphatic hydroxyl groups excluding tert-OH is 1. The van der Waals surface area contributed by atoms with Gasteiger partial charge in [0.05, 0.1) is 24.7 Å². The quantitative estimate of drug-likeness (QED) is 0.632.